The summed E-state index contributed by atoms with van der Waals surface area (Å²) in [7, 11) is 0. The minimum Gasteiger partial charge on any atom is -0.340 e. The van der Waals surface area contributed by atoms with E-state index in [0.29, 0.717) is 17.7 Å². The average molecular weight is 481 g/mol. The zero-order chi connectivity index (χ0) is 24.2. The third kappa shape index (κ3) is 3.73. The van der Waals surface area contributed by atoms with E-state index in [-0.39, 0.29) is 16.2 Å². The van der Waals surface area contributed by atoms with E-state index in [0.717, 1.165) is 100 Å². The number of amides is 2. The summed E-state index contributed by atoms with van der Waals surface area (Å²) in [5, 5.41) is 0. The van der Waals surface area contributed by atoms with Crippen LogP contribution < -0.4 is 0 Å². The van der Waals surface area contributed by atoms with E-state index in [4.69, 9.17) is 0 Å². The zero-order valence-corrected chi connectivity index (χ0v) is 22.6. The molecule has 1 saturated heterocycles. The molecule has 1 heterocycles. The van der Waals surface area contributed by atoms with Crippen molar-refractivity contribution in [3.8, 4) is 0 Å². The molecule has 0 N–H and O–H groups in total. The molecule has 4 nitrogen and oxygen atoms in total. The topological polar surface area (TPSA) is 40.6 Å². The minimum absolute atomic E-state index is 0.0731. The lowest BCUT2D eigenvalue weighted by Crippen LogP contribution is -2.56. The second kappa shape index (κ2) is 7.73. The van der Waals surface area contributed by atoms with Gasteiger partial charge < -0.3 is 9.80 Å². The summed E-state index contributed by atoms with van der Waals surface area (Å²) in [6.45, 7) is 10.2. The van der Waals surface area contributed by atoms with Gasteiger partial charge in [0.2, 0.25) is 11.8 Å². The summed E-state index contributed by atoms with van der Waals surface area (Å²) in [5.74, 6) is 6.06. The van der Waals surface area contributed by atoms with E-state index in [1.807, 2.05) is 0 Å². The third-order valence-electron chi connectivity index (χ3n) is 12.3. The van der Waals surface area contributed by atoms with E-state index in [9.17, 15) is 9.59 Å². The summed E-state index contributed by atoms with van der Waals surface area (Å²) >= 11 is 0. The van der Waals surface area contributed by atoms with Crippen LogP contribution in [0, 0.1) is 57.7 Å². The highest BCUT2D eigenvalue weighted by molar-refractivity contribution is 5.85. The molecule has 0 aromatic rings. The summed E-state index contributed by atoms with van der Waals surface area (Å²) in [6, 6.07) is 0. The first-order valence-electron chi connectivity index (χ1n) is 15.2. The van der Waals surface area contributed by atoms with Gasteiger partial charge in [0.25, 0.3) is 0 Å². The lowest BCUT2D eigenvalue weighted by molar-refractivity contribution is -0.159. The van der Waals surface area contributed by atoms with Gasteiger partial charge in [-0.05, 0) is 124 Å². The second-order valence-corrected chi connectivity index (χ2v) is 16.0. The Hall–Kier alpha value is -1.06. The van der Waals surface area contributed by atoms with Crippen LogP contribution in [0.25, 0.3) is 0 Å². The minimum atomic E-state index is -0.0731. The number of hydrogen-bond donors (Lipinski definition) is 0. The monoisotopic (exact) mass is 480 g/mol. The van der Waals surface area contributed by atoms with Crippen molar-refractivity contribution < 1.29 is 9.59 Å². The molecule has 1 aliphatic heterocycles. The molecular weight excluding hydrogens is 432 g/mol. The predicted octanol–water partition coefficient (Wildman–Crippen LogP) is 5.75. The van der Waals surface area contributed by atoms with Crippen LogP contribution in [0.3, 0.4) is 0 Å². The molecule has 9 rings (SSSR count). The first kappa shape index (κ1) is 23.1. The first-order valence-corrected chi connectivity index (χ1v) is 15.2. The number of carbonyl (C=O) groups excluding carboxylic acids is 2. The Morgan fingerprint density at radius 3 is 1.11 bits per heavy atom. The van der Waals surface area contributed by atoms with Gasteiger partial charge in [0.1, 0.15) is 0 Å². The lowest BCUT2D eigenvalue weighted by Gasteiger charge is -2.56. The van der Waals surface area contributed by atoms with Crippen LogP contribution in [0.1, 0.15) is 97.8 Å². The standard InChI is InChI=1S/C31H48N2O2/c1-29(2,3)26-18-32(27(34)30-12-20-6-21(13-30)8-22(7-20)14-30)4-5-33(19-26)28(35)31-15-23-9-24(16-31)11-25(10-23)17-31/h20-26H,4-19H2,1-3H3. The van der Waals surface area contributed by atoms with E-state index in [2.05, 4.69) is 30.6 Å². The van der Waals surface area contributed by atoms with E-state index in [1.54, 1.807) is 0 Å². The molecule has 0 aromatic carbocycles. The van der Waals surface area contributed by atoms with E-state index in [1.165, 1.54) is 38.5 Å². The van der Waals surface area contributed by atoms with Crippen molar-refractivity contribution in [2.45, 2.75) is 97.8 Å². The van der Waals surface area contributed by atoms with Gasteiger partial charge in [-0.1, -0.05) is 20.8 Å². The van der Waals surface area contributed by atoms with Gasteiger partial charge in [-0.25, -0.2) is 0 Å². The maximum absolute atomic E-state index is 14.3. The van der Waals surface area contributed by atoms with Crippen LogP contribution in [0.2, 0.25) is 0 Å². The maximum atomic E-state index is 14.3. The molecule has 0 atom stereocenters. The van der Waals surface area contributed by atoms with E-state index < -0.39 is 0 Å². The molecule has 35 heavy (non-hydrogen) atoms. The molecule has 0 unspecified atom stereocenters. The molecule has 8 saturated carbocycles. The smallest absolute Gasteiger partial charge is 0.228 e. The SMILES string of the molecule is CC(C)(C)C1CN(C(=O)C23CC4CC(CC(C4)C2)C3)CCN(C(=O)C23CC4CC(CC(C4)C2)C3)C1. The fraction of sp³-hybridized carbons (Fsp3) is 0.935. The largest absolute Gasteiger partial charge is 0.340 e. The molecule has 0 radical (unpaired) electrons. The second-order valence-electron chi connectivity index (χ2n) is 16.0. The van der Waals surface area contributed by atoms with Crippen LogP contribution in [0.4, 0.5) is 0 Å². The Balaban J connectivity index is 1.13. The number of nitrogens with zero attached hydrogens (tertiary/aromatic N) is 2. The average Bonchev–Trinajstić information content (AvgIpc) is 2.99. The fourth-order valence-corrected chi connectivity index (χ4v) is 11.3. The number of rotatable bonds is 2. The van der Waals surface area contributed by atoms with Gasteiger partial charge in [0.15, 0.2) is 0 Å². The molecule has 0 spiro atoms. The molecule has 4 heteroatoms. The van der Waals surface area contributed by atoms with Crippen LogP contribution in [0.15, 0.2) is 0 Å². The van der Waals surface area contributed by atoms with Crippen molar-refractivity contribution in [1.29, 1.82) is 0 Å². The van der Waals surface area contributed by atoms with Crippen molar-refractivity contribution in [3.05, 3.63) is 0 Å². The summed E-state index contributed by atoms with van der Waals surface area (Å²) in [4.78, 5) is 33.1. The molecule has 2 amide bonds. The van der Waals surface area contributed by atoms with Gasteiger partial charge in [-0.15, -0.1) is 0 Å². The van der Waals surface area contributed by atoms with E-state index >= 15 is 0 Å². The Labute approximate surface area is 212 Å². The molecule has 194 valence electrons. The summed E-state index contributed by atoms with van der Waals surface area (Å²) in [6.07, 6.45) is 15.1. The number of carbonyl (C=O) groups is 2. The Morgan fingerprint density at radius 2 is 0.857 bits per heavy atom. The van der Waals surface area contributed by atoms with Crippen LogP contribution in [-0.2, 0) is 9.59 Å². The maximum Gasteiger partial charge on any atom is 0.228 e. The highest BCUT2D eigenvalue weighted by atomic mass is 16.2. The molecule has 8 aliphatic carbocycles. The van der Waals surface area contributed by atoms with Crippen molar-refractivity contribution in [1.82, 2.24) is 9.80 Å². The van der Waals surface area contributed by atoms with Crippen molar-refractivity contribution in [2.75, 3.05) is 26.2 Å². The van der Waals surface area contributed by atoms with Crippen LogP contribution >= 0.6 is 0 Å². The van der Waals surface area contributed by atoms with Crippen LogP contribution in [0.5, 0.6) is 0 Å². The van der Waals surface area contributed by atoms with Crippen molar-refractivity contribution in [3.63, 3.8) is 0 Å². The van der Waals surface area contributed by atoms with Gasteiger partial charge in [0.05, 0.1) is 10.8 Å². The highest BCUT2D eigenvalue weighted by Crippen LogP contribution is 2.62. The predicted molar refractivity (Wildman–Crippen MR) is 137 cm³/mol. The molecule has 8 bridgehead atoms. The lowest BCUT2D eigenvalue weighted by atomic mass is 9.49. The van der Waals surface area contributed by atoms with Crippen LogP contribution in [-0.4, -0.2) is 47.8 Å². The van der Waals surface area contributed by atoms with Gasteiger partial charge in [0, 0.05) is 26.2 Å². The Morgan fingerprint density at radius 1 is 0.571 bits per heavy atom. The fourth-order valence-electron chi connectivity index (χ4n) is 11.3. The summed E-state index contributed by atoms with van der Waals surface area (Å²) in [5.41, 5.74) is -0.0586. The van der Waals surface area contributed by atoms with Crippen molar-refractivity contribution >= 4 is 11.8 Å². The van der Waals surface area contributed by atoms with Gasteiger partial charge in [-0.2, -0.15) is 0 Å². The zero-order valence-electron chi connectivity index (χ0n) is 22.6. The van der Waals surface area contributed by atoms with Gasteiger partial charge >= 0.3 is 0 Å². The molecule has 9 fully saturated rings. The molecule has 0 aromatic heterocycles. The molecule has 9 aliphatic rings. The van der Waals surface area contributed by atoms with Crippen molar-refractivity contribution in [2.24, 2.45) is 57.7 Å². The summed E-state index contributed by atoms with van der Waals surface area (Å²) < 4.78 is 0. The first-order chi connectivity index (χ1) is 16.6. The highest BCUT2D eigenvalue weighted by Gasteiger charge is 2.58. The normalized spacial score (nSPS) is 48.4. The Bertz CT molecular complexity index is 764. The quantitative estimate of drug-likeness (QED) is 0.505. The molecular formula is C31H48N2O2. The third-order valence-corrected chi connectivity index (χ3v) is 12.3. The number of hydrogen-bond acceptors (Lipinski definition) is 2. The Kier molecular flexibility index (Phi) is 5.10. The van der Waals surface area contributed by atoms with Gasteiger partial charge in [-0.3, -0.25) is 9.59 Å².